The van der Waals surface area contributed by atoms with Gasteiger partial charge in [-0.1, -0.05) is 140 Å². The Labute approximate surface area is 353 Å². The molecule has 0 radical (unpaired) electrons. The second kappa shape index (κ2) is 38.0. The van der Waals surface area contributed by atoms with E-state index >= 15 is 0 Å². The molecule has 17 heteroatoms. The lowest BCUT2D eigenvalue weighted by atomic mass is 10.0. The Bertz CT molecular complexity index is 1220. The molecular formula is C42H78O15P2. The van der Waals surface area contributed by atoms with Crippen LogP contribution in [-0.2, 0) is 41.8 Å². The van der Waals surface area contributed by atoms with Gasteiger partial charge in [0.1, 0.15) is 12.7 Å². The van der Waals surface area contributed by atoms with Crippen molar-refractivity contribution in [2.75, 3.05) is 26.4 Å². The first kappa shape index (κ1) is 57.3. The van der Waals surface area contributed by atoms with Gasteiger partial charge in [0.05, 0.1) is 32.0 Å². The molecule has 0 heterocycles. The van der Waals surface area contributed by atoms with Crippen LogP contribution in [0.25, 0.3) is 0 Å². The van der Waals surface area contributed by atoms with Crippen LogP contribution in [0, 0.1) is 0 Å². The number of esters is 2. The Balaban J connectivity index is 4.76. The molecular weight excluding hydrogens is 806 g/mol. The maximum atomic E-state index is 12.7. The van der Waals surface area contributed by atoms with E-state index in [-0.39, 0.29) is 32.1 Å². The fraction of sp³-hybridized carbons (Fsp3) is 0.810. The highest BCUT2D eigenvalue weighted by molar-refractivity contribution is 7.47. The highest BCUT2D eigenvalue weighted by Crippen LogP contribution is 2.43. The van der Waals surface area contributed by atoms with Crippen LogP contribution in [0.1, 0.15) is 168 Å². The lowest BCUT2D eigenvalue weighted by molar-refractivity contribution is -0.161. The number of unbranched alkanes of at least 4 members (excludes halogenated alkanes) is 15. The zero-order chi connectivity index (χ0) is 44.0. The van der Waals surface area contributed by atoms with Crippen LogP contribution in [0.3, 0.4) is 0 Å². The SMILES string of the molecule is CCCCC/C=C\C/C=C\C/C=C\CC(O)C(O)CCCC(=O)O[C@H](COC(=O)CCCCCCCCCCCCCCC)COP(=O)(O)OC[C@@H](O)COP(=O)(O)O. The van der Waals surface area contributed by atoms with Crippen LogP contribution in [0.2, 0.25) is 0 Å². The molecule has 346 valence electrons. The number of hydrogen-bond donors (Lipinski definition) is 6. The van der Waals surface area contributed by atoms with E-state index in [2.05, 4.69) is 41.1 Å². The van der Waals surface area contributed by atoms with Crippen molar-refractivity contribution in [1.29, 1.82) is 0 Å². The summed E-state index contributed by atoms with van der Waals surface area (Å²) in [4.78, 5) is 52.7. The summed E-state index contributed by atoms with van der Waals surface area (Å²) in [5.74, 6) is -1.31. The first-order valence-electron chi connectivity index (χ1n) is 21.8. The Morgan fingerprint density at radius 2 is 1.03 bits per heavy atom. The molecule has 0 fully saturated rings. The summed E-state index contributed by atoms with van der Waals surface area (Å²) < 4.78 is 47.5. The van der Waals surface area contributed by atoms with Gasteiger partial charge >= 0.3 is 27.6 Å². The van der Waals surface area contributed by atoms with E-state index in [1.807, 2.05) is 12.2 Å². The van der Waals surface area contributed by atoms with Gasteiger partial charge in [-0.2, -0.15) is 0 Å². The number of ether oxygens (including phenoxy) is 2. The molecule has 0 amide bonds. The molecule has 0 aliphatic heterocycles. The molecule has 5 atom stereocenters. The van der Waals surface area contributed by atoms with Gasteiger partial charge in [-0.15, -0.1) is 0 Å². The lowest BCUT2D eigenvalue weighted by Crippen LogP contribution is -2.30. The van der Waals surface area contributed by atoms with Crippen molar-refractivity contribution in [3.8, 4) is 0 Å². The second-order valence-corrected chi connectivity index (χ2v) is 17.6. The summed E-state index contributed by atoms with van der Waals surface area (Å²) in [5.41, 5.74) is 0. The van der Waals surface area contributed by atoms with Gasteiger partial charge in [-0.05, 0) is 51.4 Å². The Morgan fingerprint density at radius 3 is 1.63 bits per heavy atom. The molecule has 0 rings (SSSR count). The average molecular weight is 885 g/mol. The summed E-state index contributed by atoms with van der Waals surface area (Å²) in [5, 5.41) is 30.5. The van der Waals surface area contributed by atoms with Crippen LogP contribution in [0.5, 0.6) is 0 Å². The van der Waals surface area contributed by atoms with Crippen molar-refractivity contribution in [3.63, 3.8) is 0 Å². The molecule has 0 spiro atoms. The molecule has 0 aromatic rings. The minimum atomic E-state index is -4.90. The number of aliphatic hydroxyl groups is 3. The van der Waals surface area contributed by atoms with E-state index in [1.54, 1.807) is 6.08 Å². The van der Waals surface area contributed by atoms with Gasteiger partial charge < -0.3 is 39.5 Å². The molecule has 0 aliphatic rings. The number of aliphatic hydroxyl groups excluding tert-OH is 3. The maximum absolute atomic E-state index is 12.7. The molecule has 0 aliphatic carbocycles. The summed E-state index contributed by atoms with van der Waals surface area (Å²) in [6, 6.07) is 0. The number of rotatable bonds is 41. The zero-order valence-corrected chi connectivity index (χ0v) is 37.6. The topological polar surface area (TPSA) is 236 Å². The van der Waals surface area contributed by atoms with Gasteiger partial charge in [-0.25, -0.2) is 9.13 Å². The van der Waals surface area contributed by atoms with Crippen LogP contribution in [0.4, 0.5) is 0 Å². The monoisotopic (exact) mass is 884 g/mol. The minimum Gasteiger partial charge on any atom is -0.462 e. The molecule has 0 aromatic carbocycles. The number of phosphoric acid groups is 2. The number of allylic oxidation sites excluding steroid dienone is 5. The maximum Gasteiger partial charge on any atom is 0.472 e. The molecule has 15 nitrogen and oxygen atoms in total. The predicted octanol–water partition coefficient (Wildman–Crippen LogP) is 8.84. The highest BCUT2D eigenvalue weighted by atomic mass is 31.2. The van der Waals surface area contributed by atoms with Crippen molar-refractivity contribution in [2.45, 2.75) is 192 Å². The van der Waals surface area contributed by atoms with E-state index in [4.69, 9.17) is 23.8 Å². The predicted molar refractivity (Wildman–Crippen MR) is 228 cm³/mol. The summed E-state index contributed by atoms with van der Waals surface area (Å²) in [6.45, 7) is 1.40. The Morgan fingerprint density at radius 1 is 0.542 bits per heavy atom. The van der Waals surface area contributed by atoms with Crippen molar-refractivity contribution in [3.05, 3.63) is 36.5 Å². The summed E-state index contributed by atoms with van der Waals surface area (Å²) >= 11 is 0. The van der Waals surface area contributed by atoms with E-state index < -0.39 is 78.4 Å². The second-order valence-electron chi connectivity index (χ2n) is 14.9. The van der Waals surface area contributed by atoms with Crippen LogP contribution >= 0.6 is 15.6 Å². The molecule has 0 aromatic heterocycles. The molecule has 3 unspecified atom stereocenters. The van der Waals surface area contributed by atoms with Crippen LogP contribution in [-0.4, -0.2) is 92.8 Å². The first-order chi connectivity index (χ1) is 28.2. The van der Waals surface area contributed by atoms with E-state index in [0.29, 0.717) is 12.8 Å². The number of hydrogen-bond acceptors (Lipinski definition) is 12. The molecule has 0 saturated heterocycles. The normalized spacial score (nSPS) is 15.5. The van der Waals surface area contributed by atoms with Gasteiger partial charge in [0.2, 0.25) is 0 Å². The van der Waals surface area contributed by atoms with Crippen molar-refractivity contribution >= 4 is 27.6 Å². The fourth-order valence-corrected chi connectivity index (χ4v) is 6.90. The average Bonchev–Trinajstić information content (AvgIpc) is 3.19. The zero-order valence-electron chi connectivity index (χ0n) is 35.8. The largest absolute Gasteiger partial charge is 0.472 e. The van der Waals surface area contributed by atoms with Crippen LogP contribution < -0.4 is 0 Å². The quantitative estimate of drug-likeness (QED) is 0.0146. The molecule has 59 heavy (non-hydrogen) atoms. The fourth-order valence-electron chi connectivity index (χ4n) is 5.74. The van der Waals surface area contributed by atoms with Crippen molar-refractivity contribution in [1.82, 2.24) is 0 Å². The molecule has 6 N–H and O–H groups in total. The summed E-state index contributed by atoms with van der Waals surface area (Å²) in [7, 11) is -9.78. The Kier molecular flexibility index (Phi) is 36.9. The van der Waals surface area contributed by atoms with Gasteiger partial charge in [0.25, 0.3) is 0 Å². The highest BCUT2D eigenvalue weighted by Gasteiger charge is 2.28. The minimum absolute atomic E-state index is 0.0949. The van der Waals surface area contributed by atoms with Crippen molar-refractivity contribution in [2.24, 2.45) is 0 Å². The number of carbonyl (C=O) groups excluding carboxylic acids is 2. The third-order valence-corrected chi connectivity index (χ3v) is 10.7. The van der Waals surface area contributed by atoms with E-state index in [0.717, 1.165) is 38.5 Å². The molecule has 0 bridgehead atoms. The first-order valence-corrected chi connectivity index (χ1v) is 24.9. The van der Waals surface area contributed by atoms with Gasteiger partial charge in [0.15, 0.2) is 6.10 Å². The number of phosphoric ester groups is 2. The third-order valence-electron chi connectivity index (χ3n) is 9.22. The van der Waals surface area contributed by atoms with Gasteiger partial charge in [0, 0.05) is 12.8 Å². The molecule has 0 saturated carbocycles. The van der Waals surface area contributed by atoms with Gasteiger partial charge in [-0.3, -0.25) is 23.2 Å². The Hall–Kier alpha value is -1.74. The third kappa shape index (κ3) is 40.1. The van der Waals surface area contributed by atoms with E-state index in [9.17, 15) is 38.9 Å². The van der Waals surface area contributed by atoms with Crippen LogP contribution in [0.15, 0.2) is 36.5 Å². The standard InChI is InChI=1S/C42H78O15P2/c1-3-5-7-9-11-13-15-17-19-21-23-25-27-31-41(46)53-35-38(36-56-59(51,52)55-34-37(43)33-54-58(48,49)50)57-42(47)32-28-30-40(45)39(44)29-26-24-22-20-18-16-14-12-10-8-6-4-2/h12,14,18,20,24,26,37-40,43-45H,3-11,13,15-17,19,21-23,25,27-36H2,1-2H3,(H,51,52)(H2,48,49,50)/b14-12-,20-18-,26-24-/t37-,38+,39?,40?/m0/s1. The summed E-state index contributed by atoms with van der Waals surface area (Å²) in [6.07, 6.45) is 28.8. The lowest BCUT2D eigenvalue weighted by Gasteiger charge is -2.21. The van der Waals surface area contributed by atoms with Crippen molar-refractivity contribution < 1.29 is 71.8 Å². The smallest absolute Gasteiger partial charge is 0.462 e. The van der Waals surface area contributed by atoms with E-state index in [1.165, 1.54) is 70.6 Å². The number of carbonyl (C=O) groups is 2.